The molecule has 0 radical (unpaired) electrons. The van der Waals surface area contributed by atoms with Gasteiger partial charge in [0.25, 0.3) is 5.22 Å². The molecule has 1 aromatic carbocycles. The molecule has 1 heterocycles. The second-order valence-corrected chi connectivity index (χ2v) is 4.54. The molecule has 0 fully saturated rings. The van der Waals surface area contributed by atoms with E-state index in [0.717, 1.165) is 5.56 Å². The highest BCUT2D eigenvalue weighted by atomic mass is 35.5. The fourth-order valence-electron chi connectivity index (χ4n) is 1.15. The van der Waals surface area contributed by atoms with E-state index in [1.165, 1.54) is 23.9 Å². The Hall–Kier alpha value is -1.11. The van der Waals surface area contributed by atoms with Crippen LogP contribution in [0.5, 0.6) is 0 Å². The zero-order chi connectivity index (χ0) is 12.3. The highest BCUT2D eigenvalue weighted by Crippen LogP contribution is 2.23. The number of hydrogen-bond donors (Lipinski definition) is 1. The topological polar surface area (TPSA) is 64.9 Å². The molecule has 2 N–H and O–H groups in total. The van der Waals surface area contributed by atoms with Crippen LogP contribution in [0.25, 0.3) is 0 Å². The Balaban J connectivity index is 1.99. The van der Waals surface area contributed by atoms with Crippen LogP contribution in [0.4, 0.5) is 4.39 Å². The molecule has 0 unspecified atom stereocenters. The van der Waals surface area contributed by atoms with Crippen molar-refractivity contribution in [1.82, 2.24) is 10.2 Å². The summed E-state index contributed by atoms with van der Waals surface area (Å²) in [7, 11) is 0. The summed E-state index contributed by atoms with van der Waals surface area (Å²) in [5.41, 5.74) is 6.13. The van der Waals surface area contributed by atoms with Crippen LogP contribution in [-0.4, -0.2) is 10.2 Å². The predicted molar refractivity (Wildman–Crippen MR) is 63.2 cm³/mol. The second kappa shape index (κ2) is 5.48. The van der Waals surface area contributed by atoms with Crippen molar-refractivity contribution < 1.29 is 8.81 Å². The van der Waals surface area contributed by atoms with Crippen LogP contribution in [0.3, 0.4) is 0 Å². The molecule has 0 bridgehead atoms. The van der Waals surface area contributed by atoms with Crippen LogP contribution in [0.15, 0.2) is 27.8 Å². The molecule has 4 nitrogen and oxygen atoms in total. The fourth-order valence-corrected chi connectivity index (χ4v) is 1.99. The molecule has 0 aliphatic carbocycles. The number of benzene rings is 1. The number of aromatic nitrogens is 2. The van der Waals surface area contributed by atoms with Gasteiger partial charge in [-0.1, -0.05) is 29.4 Å². The normalized spacial score (nSPS) is 10.8. The molecule has 0 saturated heterocycles. The van der Waals surface area contributed by atoms with Crippen molar-refractivity contribution in [2.24, 2.45) is 5.73 Å². The third-order valence-electron chi connectivity index (χ3n) is 1.97. The first-order valence-corrected chi connectivity index (χ1v) is 6.14. The number of nitrogens with zero attached hydrogens (tertiary/aromatic N) is 2. The Morgan fingerprint density at radius 3 is 2.88 bits per heavy atom. The van der Waals surface area contributed by atoms with E-state index < -0.39 is 5.82 Å². The van der Waals surface area contributed by atoms with E-state index in [2.05, 4.69) is 10.2 Å². The van der Waals surface area contributed by atoms with Crippen molar-refractivity contribution in [3.63, 3.8) is 0 Å². The van der Waals surface area contributed by atoms with Gasteiger partial charge in [-0.2, -0.15) is 0 Å². The molecular weight excluding hydrogens is 265 g/mol. The van der Waals surface area contributed by atoms with Gasteiger partial charge in [-0.05, 0) is 17.7 Å². The van der Waals surface area contributed by atoms with Crippen LogP contribution in [-0.2, 0) is 12.3 Å². The average molecular weight is 274 g/mol. The largest absolute Gasteiger partial charge is 0.415 e. The Bertz CT molecular complexity index is 520. The molecule has 2 aromatic rings. The number of nitrogens with two attached hydrogens (primary N) is 1. The van der Waals surface area contributed by atoms with Crippen LogP contribution < -0.4 is 5.73 Å². The van der Waals surface area contributed by atoms with Crippen molar-refractivity contribution in [3.05, 3.63) is 40.5 Å². The van der Waals surface area contributed by atoms with Gasteiger partial charge in [-0.3, -0.25) is 0 Å². The van der Waals surface area contributed by atoms with Crippen LogP contribution in [0, 0.1) is 5.82 Å². The molecule has 0 aliphatic rings. The summed E-state index contributed by atoms with van der Waals surface area (Å²) in [5.74, 6) is 0.480. The van der Waals surface area contributed by atoms with Crippen LogP contribution in [0.1, 0.15) is 11.5 Å². The van der Waals surface area contributed by atoms with Crippen molar-refractivity contribution >= 4 is 23.4 Å². The van der Waals surface area contributed by atoms with Gasteiger partial charge in [-0.15, -0.1) is 10.2 Å². The van der Waals surface area contributed by atoms with E-state index in [4.69, 9.17) is 21.8 Å². The van der Waals surface area contributed by atoms with Gasteiger partial charge in [0.2, 0.25) is 5.89 Å². The van der Waals surface area contributed by atoms with Gasteiger partial charge in [0, 0.05) is 5.75 Å². The Morgan fingerprint density at radius 2 is 2.24 bits per heavy atom. The third kappa shape index (κ3) is 3.18. The van der Waals surface area contributed by atoms with E-state index >= 15 is 0 Å². The van der Waals surface area contributed by atoms with Crippen molar-refractivity contribution in [1.29, 1.82) is 0 Å². The quantitative estimate of drug-likeness (QED) is 0.868. The van der Waals surface area contributed by atoms with E-state index in [-0.39, 0.29) is 11.6 Å². The Kier molecular flexibility index (Phi) is 3.98. The zero-order valence-electron chi connectivity index (χ0n) is 8.69. The molecule has 1 aromatic heterocycles. The minimum atomic E-state index is -0.432. The third-order valence-corrected chi connectivity index (χ3v) is 3.17. The van der Waals surface area contributed by atoms with E-state index in [9.17, 15) is 4.39 Å². The lowest BCUT2D eigenvalue weighted by Gasteiger charge is -1.99. The van der Waals surface area contributed by atoms with E-state index in [0.29, 0.717) is 16.9 Å². The summed E-state index contributed by atoms with van der Waals surface area (Å²) in [6.07, 6.45) is 0. The standard InChI is InChI=1S/C10H9ClFN3OS/c11-7-2-1-6(3-8(7)12)5-17-10-15-14-9(4-13)16-10/h1-3H,4-5,13H2. The van der Waals surface area contributed by atoms with E-state index in [1.54, 1.807) is 6.07 Å². The lowest BCUT2D eigenvalue weighted by molar-refractivity contribution is 0.415. The first-order valence-electron chi connectivity index (χ1n) is 4.78. The zero-order valence-corrected chi connectivity index (χ0v) is 10.3. The lowest BCUT2D eigenvalue weighted by atomic mass is 10.2. The number of rotatable bonds is 4. The predicted octanol–water partition coefficient (Wildman–Crippen LogP) is 2.61. The summed E-state index contributed by atoms with van der Waals surface area (Å²) in [5, 5.41) is 8.04. The fraction of sp³-hybridized carbons (Fsp3) is 0.200. The summed E-state index contributed by atoms with van der Waals surface area (Å²) >= 11 is 6.90. The minimum absolute atomic E-state index is 0.113. The first-order chi connectivity index (χ1) is 8.19. The molecule has 2 rings (SSSR count). The molecule has 90 valence electrons. The minimum Gasteiger partial charge on any atom is -0.415 e. The summed E-state index contributed by atoms with van der Waals surface area (Å²) in [6.45, 7) is 0.211. The van der Waals surface area contributed by atoms with Crippen LogP contribution >= 0.6 is 23.4 Å². The summed E-state index contributed by atoms with van der Waals surface area (Å²) < 4.78 is 18.4. The number of halogens is 2. The summed E-state index contributed by atoms with van der Waals surface area (Å²) in [4.78, 5) is 0. The van der Waals surface area contributed by atoms with Gasteiger partial charge in [-0.25, -0.2) is 4.39 Å². The molecular formula is C10H9ClFN3OS. The van der Waals surface area contributed by atoms with Crippen LogP contribution in [0.2, 0.25) is 5.02 Å². The Labute approximate surface area is 106 Å². The highest BCUT2D eigenvalue weighted by Gasteiger charge is 2.06. The summed E-state index contributed by atoms with van der Waals surface area (Å²) in [6, 6.07) is 4.65. The van der Waals surface area contributed by atoms with Gasteiger partial charge in [0.15, 0.2) is 0 Å². The first kappa shape index (κ1) is 12.3. The van der Waals surface area contributed by atoms with Crippen molar-refractivity contribution in [3.8, 4) is 0 Å². The molecule has 0 aliphatic heterocycles. The lowest BCUT2D eigenvalue weighted by Crippen LogP contribution is -1.95. The molecule has 0 atom stereocenters. The number of thioether (sulfide) groups is 1. The monoisotopic (exact) mass is 273 g/mol. The average Bonchev–Trinajstić information content (AvgIpc) is 2.79. The van der Waals surface area contributed by atoms with Gasteiger partial charge in [0.1, 0.15) is 5.82 Å². The van der Waals surface area contributed by atoms with Gasteiger partial charge < -0.3 is 10.2 Å². The van der Waals surface area contributed by atoms with Gasteiger partial charge in [0.05, 0.1) is 11.6 Å². The molecule has 0 amide bonds. The highest BCUT2D eigenvalue weighted by molar-refractivity contribution is 7.98. The maximum atomic E-state index is 13.2. The van der Waals surface area contributed by atoms with E-state index in [1.807, 2.05) is 0 Å². The maximum absolute atomic E-state index is 13.2. The number of hydrogen-bond acceptors (Lipinski definition) is 5. The smallest absolute Gasteiger partial charge is 0.276 e. The molecule has 0 spiro atoms. The molecule has 17 heavy (non-hydrogen) atoms. The maximum Gasteiger partial charge on any atom is 0.276 e. The van der Waals surface area contributed by atoms with Crippen molar-refractivity contribution in [2.75, 3.05) is 0 Å². The van der Waals surface area contributed by atoms with Crippen molar-refractivity contribution in [2.45, 2.75) is 17.5 Å². The SMILES string of the molecule is NCc1nnc(SCc2ccc(Cl)c(F)c2)o1. The molecule has 7 heteroatoms. The molecule has 0 saturated carbocycles. The van der Waals surface area contributed by atoms with Gasteiger partial charge >= 0.3 is 0 Å². The second-order valence-electron chi connectivity index (χ2n) is 3.20. The Morgan fingerprint density at radius 1 is 1.41 bits per heavy atom.